The first-order chi connectivity index (χ1) is 8.61. The van der Waals surface area contributed by atoms with Gasteiger partial charge < -0.3 is 10.2 Å². The Morgan fingerprint density at radius 3 is 3.00 bits per heavy atom. The summed E-state index contributed by atoms with van der Waals surface area (Å²) in [5.41, 5.74) is 2.15. The number of halogens is 2. The van der Waals surface area contributed by atoms with Gasteiger partial charge in [-0.3, -0.25) is 0 Å². The van der Waals surface area contributed by atoms with Crippen molar-refractivity contribution >= 4 is 21.6 Å². The predicted molar refractivity (Wildman–Crippen MR) is 77.7 cm³/mol. The lowest BCUT2D eigenvalue weighted by molar-refractivity contribution is 0.431. The number of aryl methyl sites for hydroxylation is 1. The molecular formula is C14H20BrFN2. The van der Waals surface area contributed by atoms with Crippen LogP contribution in [0.4, 0.5) is 10.1 Å². The molecule has 2 nitrogen and oxygen atoms in total. The van der Waals surface area contributed by atoms with E-state index >= 15 is 0 Å². The van der Waals surface area contributed by atoms with E-state index in [1.165, 1.54) is 12.8 Å². The van der Waals surface area contributed by atoms with Crippen molar-refractivity contribution in [3.8, 4) is 0 Å². The van der Waals surface area contributed by atoms with Crippen LogP contribution in [0.25, 0.3) is 0 Å². The zero-order valence-corrected chi connectivity index (χ0v) is 12.6. The van der Waals surface area contributed by atoms with Crippen LogP contribution in [-0.2, 0) is 0 Å². The maximum absolute atomic E-state index is 13.4. The summed E-state index contributed by atoms with van der Waals surface area (Å²) in [6.07, 6.45) is 2.41. The summed E-state index contributed by atoms with van der Waals surface area (Å²) in [6, 6.07) is 4.06. The van der Waals surface area contributed by atoms with Gasteiger partial charge in [-0.1, -0.05) is 6.92 Å². The van der Waals surface area contributed by atoms with Gasteiger partial charge in [0.1, 0.15) is 5.82 Å². The van der Waals surface area contributed by atoms with Gasteiger partial charge in [-0.25, -0.2) is 4.39 Å². The van der Waals surface area contributed by atoms with Crippen molar-refractivity contribution in [2.24, 2.45) is 0 Å². The van der Waals surface area contributed by atoms with E-state index in [2.05, 4.69) is 33.1 Å². The number of nitrogens with one attached hydrogen (secondary N) is 1. The van der Waals surface area contributed by atoms with Crippen LogP contribution in [0, 0.1) is 12.7 Å². The van der Waals surface area contributed by atoms with E-state index in [9.17, 15) is 4.39 Å². The molecule has 1 aromatic rings. The van der Waals surface area contributed by atoms with Crippen LogP contribution in [0.15, 0.2) is 16.6 Å². The van der Waals surface area contributed by atoms with Crippen molar-refractivity contribution in [3.63, 3.8) is 0 Å². The first kappa shape index (κ1) is 13.8. The third kappa shape index (κ3) is 3.04. The summed E-state index contributed by atoms with van der Waals surface area (Å²) < 4.78 is 14.0. The molecule has 1 aliphatic heterocycles. The summed E-state index contributed by atoms with van der Waals surface area (Å²) in [5, 5.41) is 3.50. The van der Waals surface area contributed by atoms with E-state index in [1.54, 1.807) is 6.07 Å². The molecule has 1 heterocycles. The summed E-state index contributed by atoms with van der Waals surface area (Å²) >= 11 is 3.28. The number of hydrogen-bond donors (Lipinski definition) is 1. The topological polar surface area (TPSA) is 15.3 Å². The molecule has 0 aliphatic carbocycles. The Labute approximate surface area is 117 Å². The third-order valence-electron chi connectivity index (χ3n) is 3.49. The highest BCUT2D eigenvalue weighted by atomic mass is 79.9. The average Bonchev–Trinajstić information content (AvgIpc) is 2.34. The second-order valence-corrected chi connectivity index (χ2v) is 5.75. The highest BCUT2D eigenvalue weighted by Gasteiger charge is 2.21. The molecule has 2 rings (SSSR count). The fourth-order valence-corrected chi connectivity index (χ4v) is 2.96. The van der Waals surface area contributed by atoms with E-state index in [1.807, 2.05) is 13.0 Å². The van der Waals surface area contributed by atoms with Crippen LogP contribution < -0.4 is 10.2 Å². The van der Waals surface area contributed by atoms with E-state index in [4.69, 9.17) is 0 Å². The molecule has 1 atom stereocenters. The lowest BCUT2D eigenvalue weighted by Gasteiger charge is -2.35. The molecule has 0 radical (unpaired) electrons. The van der Waals surface area contributed by atoms with Crippen LogP contribution in [0.2, 0.25) is 0 Å². The Bertz CT molecular complexity index is 421. The molecule has 1 fully saturated rings. The molecule has 1 aliphatic rings. The number of anilines is 1. The fraction of sp³-hybridized carbons (Fsp3) is 0.571. The minimum atomic E-state index is -0.184. The highest BCUT2D eigenvalue weighted by Crippen LogP contribution is 2.29. The Kier molecular flexibility index (Phi) is 4.62. The molecule has 1 N–H and O–H groups in total. The standard InChI is InChI=1S/C14H20BrFN2/c1-3-17-11-5-4-6-18(9-11)14-8-12(15)13(16)7-10(14)2/h7-8,11,17H,3-6,9H2,1-2H3. The number of hydrogen-bond acceptors (Lipinski definition) is 2. The van der Waals surface area contributed by atoms with Gasteiger partial charge in [0, 0.05) is 24.8 Å². The van der Waals surface area contributed by atoms with Gasteiger partial charge in [0.05, 0.1) is 4.47 Å². The van der Waals surface area contributed by atoms with Crippen molar-refractivity contribution in [2.45, 2.75) is 32.7 Å². The number of benzene rings is 1. The van der Waals surface area contributed by atoms with Crippen molar-refractivity contribution in [3.05, 3.63) is 28.0 Å². The molecule has 1 aromatic carbocycles. The van der Waals surface area contributed by atoms with Crippen molar-refractivity contribution < 1.29 is 4.39 Å². The highest BCUT2D eigenvalue weighted by molar-refractivity contribution is 9.10. The van der Waals surface area contributed by atoms with Crippen molar-refractivity contribution in [2.75, 3.05) is 24.5 Å². The Balaban J connectivity index is 2.18. The van der Waals surface area contributed by atoms with E-state index < -0.39 is 0 Å². The number of piperidine rings is 1. The normalized spacial score (nSPS) is 20.2. The molecule has 0 bridgehead atoms. The number of nitrogens with zero attached hydrogens (tertiary/aromatic N) is 1. The molecule has 0 spiro atoms. The SMILES string of the molecule is CCNC1CCCN(c2cc(Br)c(F)cc2C)C1. The summed E-state index contributed by atoms with van der Waals surface area (Å²) in [6.45, 7) is 7.18. The van der Waals surface area contributed by atoms with Gasteiger partial charge in [0.15, 0.2) is 0 Å². The molecule has 18 heavy (non-hydrogen) atoms. The predicted octanol–water partition coefficient (Wildman–Crippen LogP) is 3.47. The minimum Gasteiger partial charge on any atom is -0.370 e. The lowest BCUT2D eigenvalue weighted by Crippen LogP contribution is -2.45. The lowest BCUT2D eigenvalue weighted by atomic mass is 10.0. The molecule has 0 aromatic heterocycles. The van der Waals surface area contributed by atoms with E-state index in [-0.39, 0.29) is 5.82 Å². The van der Waals surface area contributed by atoms with Gasteiger partial charge >= 0.3 is 0 Å². The Hall–Kier alpha value is -0.610. The smallest absolute Gasteiger partial charge is 0.137 e. The maximum atomic E-state index is 13.4. The second-order valence-electron chi connectivity index (χ2n) is 4.90. The summed E-state index contributed by atoms with van der Waals surface area (Å²) in [5.74, 6) is -0.184. The Morgan fingerprint density at radius 2 is 2.28 bits per heavy atom. The summed E-state index contributed by atoms with van der Waals surface area (Å²) in [7, 11) is 0. The van der Waals surface area contributed by atoms with Gasteiger partial charge in [0.2, 0.25) is 0 Å². The van der Waals surface area contributed by atoms with E-state index in [0.29, 0.717) is 10.5 Å². The molecule has 100 valence electrons. The fourth-order valence-electron chi connectivity index (χ4n) is 2.63. The second kappa shape index (κ2) is 6.02. The van der Waals surface area contributed by atoms with Crippen LogP contribution in [0.3, 0.4) is 0 Å². The minimum absolute atomic E-state index is 0.184. The largest absolute Gasteiger partial charge is 0.370 e. The molecule has 1 unspecified atom stereocenters. The van der Waals surface area contributed by atoms with Crippen molar-refractivity contribution in [1.82, 2.24) is 5.32 Å². The summed E-state index contributed by atoms with van der Waals surface area (Å²) in [4.78, 5) is 2.36. The van der Waals surface area contributed by atoms with E-state index in [0.717, 1.165) is 30.9 Å². The molecule has 4 heteroatoms. The molecular weight excluding hydrogens is 295 g/mol. The van der Waals surface area contributed by atoms with Gasteiger partial charge in [-0.15, -0.1) is 0 Å². The third-order valence-corrected chi connectivity index (χ3v) is 4.10. The molecule has 1 saturated heterocycles. The number of rotatable bonds is 3. The zero-order chi connectivity index (χ0) is 13.1. The van der Waals surface area contributed by atoms with Crippen molar-refractivity contribution in [1.29, 1.82) is 0 Å². The van der Waals surface area contributed by atoms with Crippen LogP contribution >= 0.6 is 15.9 Å². The molecule has 0 amide bonds. The molecule has 0 saturated carbocycles. The Morgan fingerprint density at radius 1 is 1.50 bits per heavy atom. The number of likely N-dealkylation sites (N-methyl/N-ethyl adjacent to an activating group) is 1. The van der Waals surface area contributed by atoms with Crippen LogP contribution in [0.5, 0.6) is 0 Å². The quantitative estimate of drug-likeness (QED) is 0.919. The van der Waals surface area contributed by atoms with Gasteiger partial charge in [-0.2, -0.15) is 0 Å². The van der Waals surface area contributed by atoms with Crippen LogP contribution in [-0.4, -0.2) is 25.7 Å². The maximum Gasteiger partial charge on any atom is 0.137 e. The van der Waals surface area contributed by atoms with Gasteiger partial charge in [0.25, 0.3) is 0 Å². The van der Waals surface area contributed by atoms with Gasteiger partial charge in [-0.05, 0) is 59.9 Å². The van der Waals surface area contributed by atoms with Crippen LogP contribution in [0.1, 0.15) is 25.3 Å². The first-order valence-electron chi connectivity index (χ1n) is 6.55. The first-order valence-corrected chi connectivity index (χ1v) is 7.35. The average molecular weight is 315 g/mol. The monoisotopic (exact) mass is 314 g/mol. The zero-order valence-electron chi connectivity index (χ0n) is 11.0.